The second-order valence-electron chi connectivity index (χ2n) is 8.12. The molecule has 2 aliphatic heterocycles. The van der Waals surface area contributed by atoms with Crippen molar-refractivity contribution in [2.75, 3.05) is 28.6 Å². The van der Waals surface area contributed by atoms with Crippen LogP contribution >= 0.6 is 0 Å². The lowest BCUT2D eigenvalue weighted by molar-refractivity contribution is -0.123. The van der Waals surface area contributed by atoms with Crippen molar-refractivity contribution in [3.63, 3.8) is 0 Å². The first-order chi connectivity index (χ1) is 14.3. The molecule has 0 aliphatic carbocycles. The third kappa shape index (κ3) is 3.92. The van der Waals surface area contributed by atoms with Crippen molar-refractivity contribution in [1.29, 1.82) is 0 Å². The second-order valence-corrected chi connectivity index (χ2v) is 8.12. The summed E-state index contributed by atoms with van der Waals surface area (Å²) in [7, 11) is 0. The molecule has 4 rings (SSSR count). The van der Waals surface area contributed by atoms with E-state index in [4.69, 9.17) is 0 Å². The number of carbonyl (C=O) groups is 2. The van der Waals surface area contributed by atoms with Gasteiger partial charge in [-0.15, -0.1) is 0 Å². The van der Waals surface area contributed by atoms with Gasteiger partial charge < -0.3 is 15.5 Å². The maximum absolute atomic E-state index is 14.1. The highest BCUT2D eigenvalue weighted by Crippen LogP contribution is 2.31. The molecule has 1 fully saturated rings. The van der Waals surface area contributed by atoms with Crippen LogP contribution in [0.25, 0.3) is 0 Å². The van der Waals surface area contributed by atoms with Gasteiger partial charge in [-0.3, -0.25) is 19.4 Å². The van der Waals surface area contributed by atoms with Gasteiger partial charge in [-0.1, -0.05) is 13.0 Å². The van der Waals surface area contributed by atoms with Crippen molar-refractivity contribution in [3.05, 3.63) is 45.5 Å². The molecule has 0 unspecified atom stereocenters. The van der Waals surface area contributed by atoms with Gasteiger partial charge in [0.1, 0.15) is 11.6 Å². The first kappa shape index (κ1) is 20.1. The van der Waals surface area contributed by atoms with Crippen molar-refractivity contribution in [1.82, 2.24) is 9.97 Å². The smallest absolute Gasteiger partial charge is 0.258 e. The standard InChI is InChI=1S/C21H24FN5O3/c1-11-5-6-15(14(22)8-11)23-19(29)13-9-16(28)24-18-17(13)20(30)26-21(25-18)27-7-3-4-12(2)10-27/h5-6,8,12-13H,3-4,7,9-10H2,1-2H3,(H,23,29)(H2,24,25,26,28,30)/t12-,13-/m1/s1. The van der Waals surface area contributed by atoms with E-state index in [0.29, 0.717) is 17.4 Å². The van der Waals surface area contributed by atoms with Crippen LogP contribution in [0.4, 0.5) is 21.8 Å². The molecular weight excluding hydrogens is 389 g/mol. The molecule has 2 atom stereocenters. The fourth-order valence-electron chi connectivity index (χ4n) is 4.06. The van der Waals surface area contributed by atoms with Crippen LogP contribution in [0.15, 0.2) is 23.0 Å². The molecule has 2 aliphatic rings. The Morgan fingerprint density at radius 2 is 2.13 bits per heavy atom. The Morgan fingerprint density at radius 1 is 1.33 bits per heavy atom. The number of nitrogens with zero attached hydrogens (tertiary/aromatic N) is 2. The topological polar surface area (TPSA) is 107 Å². The number of nitrogens with one attached hydrogen (secondary N) is 3. The molecule has 0 bridgehead atoms. The largest absolute Gasteiger partial charge is 0.342 e. The number of H-pyrrole nitrogens is 1. The average molecular weight is 413 g/mol. The van der Waals surface area contributed by atoms with Gasteiger partial charge in [0.05, 0.1) is 17.2 Å². The number of hydrogen-bond acceptors (Lipinski definition) is 5. The van der Waals surface area contributed by atoms with Crippen LogP contribution < -0.4 is 21.1 Å². The molecule has 2 amide bonds. The number of aromatic amines is 1. The van der Waals surface area contributed by atoms with Gasteiger partial charge >= 0.3 is 0 Å². The van der Waals surface area contributed by atoms with E-state index in [9.17, 15) is 18.8 Å². The van der Waals surface area contributed by atoms with E-state index in [0.717, 1.165) is 25.9 Å². The normalized spacial score (nSPS) is 21.0. The van der Waals surface area contributed by atoms with Crippen molar-refractivity contribution in [2.24, 2.45) is 5.92 Å². The van der Waals surface area contributed by atoms with Crippen LogP contribution in [0.5, 0.6) is 0 Å². The zero-order valence-corrected chi connectivity index (χ0v) is 16.9. The number of hydrogen-bond donors (Lipinski definition) is 3. The highest BCUT2D eigenvalue weighted by atomic mass is 19.1. The Morgan fingerprint density at radius 3 is 2.87 bits per heavy atom. The number of aryl methyl sites for hydroxylation is 1. The molecule has 1 aromatic carbocycles. The van der Waals surface area contributed by atoms with Crippen LogP contribution in [-0.4, -0.2) is 34.9 Å². The molecule has 158 valence electrons. The predicted molar refractivity (Wildman–Crippen MR) is 111 cm³/mol. The lowest BCUT2D eigenvalue weighted by atomic mass is 9.92. The minimum atomic E-state index is -1.06. The number of carbonyl (C=O) groups excluding carboxylic acids is 2. The maximum atomic E-state index is 14.1. The van der Waals surface area contributed by atoms with Gasteiger partial charge in [0, 0.05) is 19.5 Å². The SMILES string of the molecule is Cc1ccc(NC(=O)[C@@H]2CC(=O)Nc3nc(N4CCC[C@@H](C)C4)[nH]c(=O)c32)c(F)c1. The first-order valence-electron chi connectivity index (χ1n) is 10.1. The number of benzene rings is 1. The third-order valence-corrected chi connectivity index (χ3v) is 5.59. The van der Waals surface area contributed by atoms with Gasteiger partial charge in [0.15, 0.2) is 0 Å². The van der Waals surface area contributed by atoms with E-state index in [1.54, 1.807) is 13.0 Å². The molecule has 0 spiro atoms. The minimum Gasteiger partial charge on any atom is -0.342 e. The molecule has 3 heterocycles. The van der Waals surface area contributed by atoms with Crippen LogP contribution in [-0.2, 0) is 9.59 Å². The Kier molecular flexibility index (Phi) is 5.27. The Hall–Kier alpha value is -3.23. The molecule has 0 radical (unpaired) electrons. The number of aromatic nitrogens is 2. The number of amides is 2. The third-order valence-electron chi connectivity index (χ3n) is 5.59. The fourth-order valence-corrected chi connectivity index (χ4v) is 4.06. The van der Waals surface area contributed by atoms with Crippen molar-refractivity contribution in [3.8, 4) is 0 Å². The molecular formula is C21H24FN5O3. The van der Waals surface area contributed by atoms with E-state index in [2.05, 4.69) is 27.5 Å². The number of piperidine rings is 1. The summed E-state index contributed by atoms with van der Waals surface area (Å²) in [6.45, 7) is 5.39. The predicted octanol–water partition coefficient (Wildman–Crippen LogP) is 2.52. The summed E-state index contributed by atoms with van der Waals surface area (Å²) in [5.74, 6) is -1.73. The molecule has 8 nitrogen and oxygen atoms in total. The Balaban J connectivity index is 1.65. The number of fused-ring (bicyclic) bond motifs is 1. The van der Waals surface area contributed by atoms with E-state index < -0.39 is 29.1 Å². The Bertz CT molecular complexity index is 1070. The summed E-state index contributed by atoms with van der Waals surface area (Å²) < 4.78 is 14.1. The van der Waals surface area contributed by atoms with Gasteiger partial charge in [0.2, 0.25) is 17.8 Å². The fraction of sp³-hybridized carbons (Fsp3) is 0.429. The lowest BCUT2D eigenvalue weighted by Crippen LogP contribution is -2.40. The highest BCUT2D eigenvalue weighted by molar-refractivity contribution is 6.04. The van der Waals surface area contributed by atoms with Crippen molar-refractivity contribution < 1.29 is 14.0 Å². The van der Waals surface area contributed by atoms with Crippen LogP contribution in [0.1, 0.15) is 43.2 Å². The summed E-state index contributed by atoms with van der Waals surface area (Å²) in [6, 6.07) is 4.42. The maximum Gasteiger partial charge on any atom is 0.258 e. The van der Waals surface area contributed by atoms with Gasteiger partial charge in [-0.25, -0.2) is 4.39 Å². The molecule has 30 heavy (non-hydrogen) atoms. The number of rotatable bonds is 3. The van der Waals surface area contributed by atoms with Crippen LogP contribution in [0.3, 0.4) is 0 Å². The minimum absolute atomic E-state index is 0.00134. The number of anilines is 3. The first-order valence-corrected chi connectivity index (χ1v) is 10.1. The molecule has 1 saturated heterocycles. The van der Waals surface area contributed by atoms with Crippen LogP contribution in [0, 0.1) is 18.7 Å². The van der Waals surface area contributed by atoms with E-state index in [1.807, 2.05) is 4.90 Å². The van der Waals surface area contributed by atoms with E-state index >= 15 is 0 Å². The Labute approximate surface area is 172 Å². The molecule has 3 N–H and O–H groups in total. The van der Waals surface area contributed by atoms with Gasteiger partial charge in [0.25, 0.3) is 5.56 Å². The summed E-state index contributed by atoms with van der Waals surface area (Å²) in [5, 5.41) is 5.10. The van der Waals surface area contributed by atoms with Gasteiger partial charge in [-0.2, -0.15) is 4.98 Å². The summed E-state index contributed by atoms with van der Waals surface area (Å²) >= 11 is 0. The second kappa shape index (κ2) is 7.89. The molecule has 1 aromatic heterocycles. The van der Waals surface area contributed by atoms with E-state index in [1.165, 1.54) is 12.1 Å². The van der Waals surface area contributed by atoms with Gasteiger partial charge in [-0.05, 0) is 43.4 Å². The monoisotopic (exact) mass is 413 g/mol. The van der Waals surface area contributed by atoms with Crippen LogP contribution in [0.2, 0.25) is 0 Å². The highest BCUT2D eigenvalue weighted by Gasteiger charge is 2.35. The quantitative estimate of drug-likeness (QED) is 0.717. The zero-order chi connectivity index (χ0) is 21.4. The molecule has 2 aromatic rings. The van der Waals surface area contributed by atoms with E-state index in [-0.39, 0.29) is 23.5 Å². The van der Waals surface area contributed by atoms with Crippen molar-refractivity contribution in [2.45, 2.75) is 39.0 Å². The van der Waals surface area contributed by atoms with Crippen molar-refractivity contribution >= 4 is 29.3 Å². The summed E-state index contributed by atoms with van der Waals surface area (Å²) in [6.07, 6.45) is 1.89. The molecule has 9 heteroatoms. The zero-order valence-electron chi connectivity index (χ0n) is 16.9. The summed E-state index contributed by atoms with van der Waals surface area (Å²) in [5.41, 5.74) is 0.334. The lowest BCUT2D eigenvalue weighted by Gasteiger charge is -2.32. The summed E-state index contributed by atoms with van der Waals surface area (Å²) in [4.78, 5) is 47.1. The molecule has 0 saturated carbocycles. The average Bonchev–Trinajstić information content (AvgIpc) is 2.69. The number of halogens is 1.